The molecule has 4 rings (SSSR count). The quantitative estimate of drug-likeness (QED) is 0.237. The molecule has 0 saturated heterocycles. The number of halogens is 1. The van der Waals surface area contributed by atoms with Crippen LogP contribution in [0.4, 0.5) is 5.82 Å². The maximum absolute atomic E-state index is 12.6. The Morgan fingerprint density at radius 1 is 1.03 bits per heavy atom. The molecule has 2 aromatic carbocycles. The molecule has 2 heterocycles. The third-order valence-corrected chi connectivity index (χ3v) is 6.16. The largest absolute Gasteiger partial charge is 0.452 e. The van der Waals surface area contributed by atoms with Gasteiger partial charge in [0.2, 0.25) is 0 Å². The highest BCUT2D eigenvalue weighted by atomic mass is 35.5. The Kier molecular flexibility index (Phi) is 8.12. The number of carbonyl (C=O) groups is 2. The Balaban J connectivity index is 1.39. The van der Waals surface area contributed by atoms with Gasteiger partial charge >= 0.3 is 5.97 Å². The van der Waals surface area contributed by atoms with Crippen molar-refractivity contribution in [2.24, 2.45) is 0 Å². The fourth-order valence-electron chi connectivity index (χ4n) is 3.74. The van der Waals surface area contributed by atoms with Crippen molar-refractivity contribution in [2.45, 2.75) is 39.7 Å². The van der Waals surface area contributed by atoms with Gasteiger partial charge in [0.15, 0.2) is 6.61 Å². The van der Waals surface area contributed by atoms with Gasteiger partial charge in [-0.05, 0) is 30.7 Å². The topological polar surface area (TPSA) is 91.0 Å². The minimum Gasteiger partial charge on any atom is -0.452 e. The summed E-state index contributed by atoms with van der Waals surface area (Å²) >= 11 is 6.50. The van der Waals surface area contributed by atoms with Crippen molar-refractivity contribution in [1.82, 2.24) is 19.6 Å². The highest BCUT2D eigenvalue weighted by molar-refractivity contribution is 6.31. The van der Waals surface area contributed by atoms with Gasteiger partial charge in [-0.3, -0.25) is 4.79 Å². The molecule has 0 bridgehead atoms. The van der Waals surface area contributed by atoms with E-state index < -0.39 is 18.5 Å². The number of benzene rings is 2. The monoisotopic (exact) mass is 531 g/mol. The second-order valence-corrected chi connectivity index (χ2v) is 10.2. The van der Waals surface area contributed by atoms with Crippen LogP contribution in [-0.2, 0) is 26.3 Å². The van der Waals surface area contributed by atoms with Crippen LogP contribution in [-0.4, -0.2) is 38.0 Å². The molecule has 0 fully saturated rings. The maximum Gasteiger partial charge on any atom is 0.331 e. The van der Waals surface area contributed by atoms with Crippen LogP contribution in [0.3, 0.4) is 0 Å². The zero-order valence-corrected chi connectivity index (χ0v) is 22.6. The molecule has 0 spiro atoms. The average Bonchev–Trinajstić information content (AvgIpc) is 3.43. The summed E-state index contributed by atoms with van der Waals surface area (Å²) in [5.41, 5.74) is 3.75. The molecule has 0 aliphatic heterocycles. The van der Waals surface area contributed by atoms with Crippen molar-refractivity contribution in [3.05, 3.63) is 100 Å². The number of amides is 1. The van der Waals surface area contributed by atoms with Crippen molar-refractivity contribution in [3.63, 3.8) is 0 Å². The van der Waals surface area contributed by atoms with E-state index >= 15 is 0 Å². The lowest BCUT2D eigenvalue weighted by molar-refractivity contribution is -0.142. The first-order valence-electron chi connectivity index (χ1n) is 12.2. The minimum atomic E-state index is -0.668. The summed E-state index contributed by atoms with van der Waals surface area (Å²) in [6.07, 6.45) is 2.79. The number of rotatable bonds is 8. The van der Waals surface area contributed by atoms with E-state index in [-0.39, 0.29) is 5.41 Å². The van der Waals surface area contributed by atoms with Crippen molar-refractivity contribution in [3.8, 4) is 5.69 Å². The molecule has 0 radical (unpaired) electrons. The van der Waals surface area contributed by atoms with Crippen LogP contribution >= 0.6 is 11.6 Å². The first kappa shape index (κ1) is 26.9. The number of anilines is 1. The molecule has 0 aliphatic rings. The number of hydrogen-bond acceptors (Lipinski definition) is 5. The molecule has 1 N–H and O–H groups in total. The molecule has 38 heavy (non-hydrogen) atoms. The van der Waals surface area contributed by atoms with E-state index in [4.69, 9.17) is 16.3 Å². The van der Waals surface area contributed by atoms with E-state index in [1.54, 1.807) is 15.4 Å². The van der Waals surface area contributed by atoms with Crippen LogP contribution in [0, 0.1) is 6.92 Å². The maximum atomic E-state index is 12.6. The lowest BCUT2D eigenvalue weighted by Crippen LogP contribution is -2.21. The first-order valence-corrected chi connectivity index (χ1v) is 12.6. The van der Waals surface area contributed by atoms with Crippen LogP contribution in [0.1, 0.15) is 43.3 Å². The zero-order valence-electron chi connectivity index (χ0n) is 21.8. The Bertz CT molecular complexity index is 1450. The second-order valence-electron chi connectivity index (χ2n) is 9.83. The molecule has 0 aliphatic carbocycles. The Labute approximate surface area is 226 Å². The number of esters is 1. The molecule has 0 atom stereocenters. The van der Waals surface area contributed by atoms with E-state index in [2.05, 4.69) is 15.5 Å². The minimum absolute atomic E-state index is 0.217. The molecule has 196 valence electrons. The predicted octanol–water partition coefficient (Wildman–Crippen LogP) is 5.57. The number of nitrogens with zero attached hydrogens (tertiary/aromatic N) is 4. The van der Waals surface area contributed by atoms with E-state index in [1.165, 1.54) is 6.08 Å². The third kappa shape index (κ3) is 6.58. The number of carbonyl (C=O) groups excluding carboxylic acids is 2. The van der Waals surface area contributed by atoms with E-state index in [0.717, 1.165) is 16.9 Å². The Morgan fingerprint density at radius 2 is 1.68 bits per heavy atom. The summed E-state index contributed by atoms with van der Waals surface area (Å²) in [5.74, 6) is -0.654. The molecular formula is C29H30ClN5O3. The molecular weight excluding hydrogens is 502 g/mol. The summed E-state index contributed by atoms with van der Waals surface area (Å²) in [6.45, 7) is 8.01. The van der Waals surface area contributed by atoms with Crippen molar-refractivity contribution in [1.29, 1.82) is 0 Å². The number of nitrogens with one attached hydrogen (secondary N) is 1. The molecule has 8 nitrogen and oxygen atoms in total. The van der Waals surface area contributed by atoms with Gasteiger partial charge in [0.25, 0.3) is 5.91 Å². The van der Waals surface area contributed by atoms with Crippen LogP contribution in [0.2, 0.25) is 5.15 Å². The van der Waals surface area contributed by atoms with Gasteiger partial charge in [-0.2, -0.15) is 10.2 Å². The second kappa shape index (κ2) is 11.5. The lowest BCUT2D eigenvalue weighted by atomic mass is 9.92. The highest BCUT2D eigenvalue weighted by Crippen LogP contribution is 2.26. The van der Waals surface area contributed by atoms with Gasteiger partial charge in [-0.1, -0.05) is 80.9 Å². The van der Waals surface area contributed by atoms with Gasteiger partial charge < -0.3 is 10.1 Å². The number of aromatic nitrogens is 4. The standard InChI is InChI=1S/C29H30ClN5O3/c1-20-23(28(30)34(32-20)18-21-11-7-5-8-12-21)15-16-27(37)38-19-26(36)31-25-17-24(29(2,3)4)33-35(25)22-13-9-6-10-14-22/h5-17H,18-19H2,1-4H3,(H,31,36). The normalized spacial score (nSPS) is 11.6. The molecule has 0 saturated carbocycles. The predicted molar refractivity (Wildman–Crippen MR) is 148 cm³/mol. The van der Waals surface area contributed by atoms with Gasteiger partial charge in [-0.15, -0.1) is 0 Å². The summed E-state index contributed by atoms with van der Waals surface area (Å²) in [5, 5.41) is 12.4. The Hall–Kier alpha value is -4.17. The zero-order chi connectivity index (χ0) is 27.3. The van der Waals surface area contributed by atoms with Gasteiger partial charge in [0.1, 0.15) is 11.0 Å². The van der Waals surface area contributed by atoms with Crippen molar-refractivity contribution >= 4 is 35.4 Å². The first-order chi connectivity index (χ1) is 18.1. The number of aryl methyl sites for hydroxylation is 1. The lowest BCUT2D eigenvalue weighted by Gasteiger charge is -2.14. The highest BCUT2D eigenvalue weighted by Gasteiger charge is 2.22. The molecule has 0 unspecified atom stereocenters. The smallest absolute Gasteiger partial charge is 0.331 e. The van der Waals surface area contributed by atoms with Crippen molar-refractivity contribution in [2.75, 3.05) is 11.9 Å². The fraction of sp³-hybridized carbons (Fsp3) is 0.241. The summed E-state index contributed by atoms with van der Waals surface area (Å²) in [4.78, 5) is 25.0. The van der Waals surface area contributed by atoms with E-state index in [9.17, 15) is 9.59 Å². The Morgan fingerprint density at radius 3 is 2.34 bits per heavy atom. The van der Waals surface area contributed by atoms with Crippen LogP contribution < -0.4 is 5.32 Å². The fourth-order valence-corrected chi connectivity index (χ4v) is 4.03. The van der Waals surface area contributed by atoms with E-state index in [1.807, 2.05) is 94.4 Å². The summed E-state index contributed by atoms with van der Waals surface area (Å²) < 4.78 is 8.50. The molecule has 9 heteroatoms. The van der Waals surface area contributed by atoms with Gasteiger partial charge in [0.05, 0.1) is 23.6 Å². The van der Waals surface area contributed by atoms with Crippen LogP contribution in [0.15, 0.2) is 72.8 Å². The van der Waals surface area contributed by atoms with Crippen LogP contribution in [0.5, 0.6) is 0 Å². The van der Waals surface area contributed by atoms with Gasteiger partial charge in [0, 0.05) is 23.1 Å². The number of para-hydroxylation sites is 1. The summed E-state index contributed by atoms with van der Waals surface area (Å²) in [6, 6.07) is 21.1. The van der Waals surface area contributed by atoms with E-state index in [0.29, 0.717) is 28.8 Å². The van der Waals surface area contributed by atoms with Crippen molar-refractivity contribution < 1.29 is 14.3 Å². The van der Waals surface area contributed by atoms with Crippen LogP contribution in [0.25, 0.3) is 11.8 Å². The molecule has 2 aromatic heterocycles. The average molecular weight is 532 g/mol. The number of ether oxygens (including phenoxy) is 1. The summed E-state index contributed by atoms with van der Waals surface area (Å²) in [7, 11) is 0. The SMILES string of the molecule is Cc1nn(Cc2ccccc2)c(Cl)c1C=CC(=O)OCC(=O)Nc1cc(C(C)(C)C)nn1-c1ccccc1. The molecule has 4 aromatic rings. The van der Waals surface area contributed by atoms with Gasteiger partial charge in [-0.25, -0.2) is 14.2 Å². The number of hydrogen-bond donors (Lipinski definition) is 1. The third-order valence-electron chi connectivity index (χ3n) is 5.76. The molecule has 1 amide bonds.